The molecular formula is C22H30ClNO7. The second-order valence-corrected chi connectivity index (χ2v) is 6.85. The van der Waals surface area contributed by atoms with Crippen molar-refractivity contribution in [2.75, 3.05) is 34.5 Å². The number of aliphatic hydroxyl groups is 2. The van der Waals surface area contributed by atoms with Gasteiger partial charge in [-0.25, -0.2) is 4.79 Å². The minimum Gasteiger partial charge on any atom is -1.00 e. The van der Waals surface area contributed by atoms with Gasteiger partial charge >= 0.3 is 5.97 Å². The lowest BCUT2D eigenvalue weighted by molar-refractivity contribution is -0.699. The summed E-state index contributed by atoms with van der Waals surface area (Å²) in [7, 11) is 4.38. The number of hydrogen-bond acceptors (Lipinski definition) is 7. The zero-order valence-electron chi connectivity index (χ0n) is 18.1. The van der Waals surface area contributed by atoms with E-state index in [1.54, 1.807) is 0 Å². The highest BCUT2D eigenvalue weighted by molar-refractivity contribution is 5.91. The fraction of sp³-hybridized carbons (Fsp3) is 0.409. The number of quaternary nitrogens is 1. The Hall–Kier alpha value is -2.52. The van der Waals surface area contributed by atoms with Crippen LogP contribution in [0.25, 0.3) is 0 Å². The third kappa shape index (κ3) is 7.29. The summed E-state index contributed by atoms with van der Waals surface area (Å²) in [6.45, 7) is 1.96. The molecule has 0 amide bonds. The second-order valence-electron chi connectivity index (χ2n) is 6.85. The van der Waals surface area contributed by atoms with Crippen LogP contribution in [-0.4, -0.2) is 62.8 Å². The standard InChI is InChI=1S/C22H29NO7.ClH/c1-14(20(25)15-8-6-5-7-9-15)23-12-17(24)13-30-22(26)16-10-18(27-2)21(29-4)19(11-16)28-3;/h5-11,14,17,20,23-25H,12-13H2,1-4H3;1H. The Labute approximate surface area is 188 Å². The van der Waals surface area contributed by atoms with Crippen molar-refractivity contribution < 1.29 is 51.7 Å². The van der Waals surface area contributed by atoms with Crippen LogP contribution in [0, 0.1) is 0 Å². The number of methoxy groups -OCH3 is 3. The topological polar surface area (TPSA) is 111 Å². The van der Waals surface area contributed by atoms with Gasteiger partial charge in [-0.2, -0.15) is 0 Å². The molecule has 0 radical (unpaired) electrons. The van der Waals surface area contributed by atoms with Crippen molar-refractivity contribution in [1.29, 1.82) is 0 Å². The highest BCUT2D eigenvalue weighted by Gasteiger charge is 2.22. The van der Waals surface area contributed by atoms with E-state index in [4.69, 9.17) is 18.9 Å². The third-order valence-corrected chi connectivity index (χ3v) is 4.73. The summed E-state index contributed by atoms with van der Waals surface area (Å²) in [5, 5.41) is 22.4. The Morgan fingerprint density at radius 3 is 2.10 bits per heavy atom. The molecule has 0 saturated heterocycles. The van der Waals surface area contributed by atoms with Gasteiger partial charge in [-0.05, 0) is 24.6 Å². The number of halogens is 1. The molecule has 8 nitrogen and oxygen atoms in total. The average Bonchev–Trinajstić information content (AvgIpc) is 2.79. The second kappa shape index (κ2) is 13.0. The summed E-state index contributed by atoms with van der Waals surface area (Å²) >= 11 is 0. The monoisotopic (exact) mass is 455 g/mol. The van der Waals surface area contributed by atoms with Gasteiger partial charge in [-0.3, -0.25) is 0 Å². The molecule has 172 valence electrons. The molecule has 2 rings (SSSR count). The van der Waals surface area contributed by atoms with Crippen LogP contribution >= 0.6 is 0 Å². The molecule has 0 bridgehead atoms. The highest BCUT2D eigenvalue weighted by atomic mass is 35.5. The number of hydrogen-bond donors (Lipinski definition) is 3. The van der Waals surface area contributed by atoms with Gasteiger partial charge in [-0.1, -0.05) is 30.3 Å². The maximum Gasteiger partial charge on any atom is 0.338 e. The molecule has 0 aliphatic rings. The van der Waals surface area contributed by atoms with Gasteiger partial charge in [0.15, 0.2) is 11.5 Å². The molecule has 31 heavy (non-hydrogen) atoms. The summed E-state index contributed by atoms with van der Waals surface area (Å²) in [5.74, 6) is 0.422. The van der Waals surface area contributed by atoms with Crippen molar-refractivity contribution in [2.24, 2.45) is 0 Å². The number of carbonyl (C=O) groups is 1. The van der Waals surface area contributed by atoms with E-state index in [2.05, 4.69) is 0 Å². The van der Waals surface area contributed by atoms with Crippen LogP contribution in [0.5, 0.6) is 17.2 Å². The van der Waals surface area contributed by atoms with E-state index in [1.165, 1.54) is 33.5 Å². The molecule has 0 aliphatic heterocycles. The van der Waals surface area contributed by atoms with Gasteiger partial charge in [0.2, 0.25) is 5.75 Å². The number of nitrogens with two attached hydrogens (primary N) is 1. The Morgan fingerprint density at radius 1 is 1.00 bits per heavy atom. The Balaban J connectivity index is 0.00000480. The third-order valence-electron chi connectivity index (χ3n) is 4.73. The van der Waals surface area contributed by atoms with E-state index < -0.39 is 18.2 Å². The first kappa shape index (κ1) is 26.5. The summed E-state index contributed by atoms with van der Waals surface area (Å²) in [5.41, 5.74) is 1.03. The van der Waals surface area contributed by atoms with E-state index in [0.29, 0.717) is 17.2 Å². The van der Waals surface area contributed by atoms with Crippen LogP contribution in [-0.2, 0) is 4.74 Å². The number of benzene rings is 2. The van der Waals surface area contributed by atoms with Gasteiger partial charge in [0.25, 0.3) is 0 Å². The fourth-order valence-corrected chi connectivity index (χ4v) is 2.98. The molecule has 0 saturated carbocycles. The van der Waals surface area contributed by atoms with E-state index in [-0.39, 0.29) is 37.2 Å². The van der Waals surface area contributed by atoms with Crippen molar-refractivity contribution in [3.05, 3.63) is 53.6 Å². The van der Waals surface area contributed by atoms with Crippen molar-refractivity contribution >= 4 is 5.97 Å². The van der Waals surface area contributed by atoms with Crippen LogP contribution in [0.15, 0.2) is 42.5 Å². The molecule has 0 heterocycles. The number of ether oxygens (including phenoxy) is 4. The minimum atomic E-state index is -0.888. The lowest BCUT2D eigenvalue weighted by atomic mass is 10.0. The molecule has 0 spiro atoms. The lowest BCUT2D eigenvalue weighted by Crippen LogP contribution is -3.00. The molecule has 3 unspecified atom stereocenters. The van der Waals surface area contributed by atoms with Crippen molar-refractivity contribution in [3.8, 4) is 17.2 Å². The van der Waals surface area contributed by atoms with E-state index in [0.717, 1.165) is 5.56 Å². The number of rotatable bonds is 11. The quantitative estimate of drug-likeness (QED) is 0.333. The summed E-state index contributed by atoms with van der Waals surface area (Å²) < 4.78 is 20.9. The van der Waals surface area contributed by atoms with Crippen LogP contribution in [0.1, 0.15) is 28.9 Å². The van der Waals surface area contributed by atoms with Gasteiger partial charge in [0.05, 0.1) is 26.9 Å². The van der Waals surface area contributed by atoms with Gasteiger partial charge in [-0.15, -0.1) is 0 Å². The van der Waals surface area contributed by atoms with Gasteiger partial charge in [0.1, 0.15) is 31.4 Å². The molecular weight excluding hydrogens is 426 g/mol. The van der Waals surface area contributed by atoms with Crippen molar-refractivity contribution in [3.63, 3.8) is 0 Å². The molecule has 2 aromatic carbocycles. The Kier molecular flexibility index (Phi) is 11.1. The van der Waals surface area contributed by atoms with E-state index in [1.807, 2.05) is 42.6 Å². The first-order valence-corrected chi connectivity index (χ1v) is 9.62. The normalized spacial score (nSPS) is 13.4. The first-order chi connectivity index (χ1) is 14.4. The van der Waals surface area contributed by atoms with Gasteiger partial charge < -0.3 is 46.9 Å². The molecule has 9 heteroatoms. The summed E-state index contributed by atoms with van der Waals surface area (Å²) in [4.78, 5) is 12.4. The molecule has 0 fully saturated rings. The van der Waals surface area contributed by atoms with Crippen LogP contribution in [0.4, 0.5) is 0 Å². The zero-order chi connectivity index (χ0) is 22.1. The smallest absolute Gasteiger partial charge is 0.338 e. The zero-order valence-corrected chi connectivity index (χ0v) is 18.8. The van der Waals surface area contributed by atoms with Gasteiger partial charge in [0, 0.05) is 0 Å². The molecule has 3 atom stereocenters. The summed E-state index contributed by atoms with van der Waals surface area (Å²) in [6, 6.07) is 12.1. The van der Waals surface area contributed by atoms with E-state index in [9.17, 15) is 15.0 Å². The lowest BCUT2D eigenvalue weighted by Gasteiger charge is -2.19. The predicted octanol–water partition coefficient (Wildman–Crippen LogP) is -2.08. The maximum atomic E-state index is 12.4. The fourth-order valence-electron chi connectivity index (χ4n) is 2.98. The van der Waals surface area contributed by atoms with Crippen LogP contribution in [0.2, 0.25) is 0 Å². The van der Waals surface area contributed by atoms with Crippen LogP contribution < -0.4 is 31.9 Å². The number of carbonyl (C=O) groups excluding carboxylic acids is 1. The minimum absolute atomic E-state index is 0. The predicted molar refractivity (Wildman–Crippen MR) is 110 cm³/mol. The van der Waals surface area contributed by atoms with Crippen LogP contribution in [0.3, 0.4) is 0 Å². The SMILES string of the molecule is COc1cc(C(=O)OCC(O)C[NH2+]C(C)C(O)c2ccccc2)cc(OC)c1OC.[Cl-]. The molecule has 0 aromatic heterocycles. The van der Waals surface area contributed by atoms with Crippen molar-refractivity contribution in [2.45, 2.75) is 25.2 Å². The molecule has 4 N–H and O–H groups in total. The summed E-state index contributed by atoms with van der Waals surface area (Å²) in [6.07, 6.45) is -1.55. The maximum absolute atomic E-state index is 12.4. The van der Waals surface area contributed by atoms with E-state index >= 15 is 0 Å². The average molecular weight is 456 g/mol. The molecule has 0 aliphatic carbocycles. The highest BCUT2D eigenvalue weighted by Crippen LogP contribution is 2.38. The van der Waals surface area contributed by atoms with Crippen molar-refractivity contribution in [1.82, 2.24) is 0 Å². The largest absolute Gasteiger partial charge is 1.00 e. The first-order valence-electron chi connectivity index (χ1n) is 9.62. The number of esters is 1. The molecule has 2 aromatic rings. The Morgan fingerprint density at radius 2 is 1.58 bits per heavy atom. The number of aliphatic hydroxyl groups excluding tert-OH is 2. The Bertz CT molecular complexity index is 794.